The largest absolute Gasteiger partial charge is 0.480 e. The minimum absolute atomic E-state index is 0.317. The van der Waals surface area contributed by atoms with E-state index in [1.54, 1.807) is 6.92 Å². The molecular formula is C13H20N4O3. The predicted octanol–water partition coefficient (Wildman–Crippen LogP) is 1.74. The minimum Gasteiger partial charge on any atom is -0.480 e. The highest BCUT2D eigenvalue weighted by Gasteiger charge is 2.35. The number of piperidine rings is 1. The number of hydrogen-bond acceptors (Lipinski definition) is 3. The molecule has 1 aliphatic rings. The summed E-state index contributed by atoms with van der Waals surface area (Å²) in [4.78, 5) is 25.0. The first-order chi connectivity index (χ1) is 9.40. The van der Waals surface area contributed by atoms with Crippen LogP contribution in [0.4, 0.5) is 10.5 Å². The molecule has 2 rings (SSSR count). The molecule has 2 unspecified atom stereocenters. The van der Waals surface area contributed by atoms with Crippen LogP contribution in [0.1, 0.15) is 31.2 Å². The van der Waals surface area contributed by atoms with E-state index >= 15 is 0 Å². The molecule has 1 fully saturated rings. The molecule has 1 saturated heterocycles. The van der Waals surface area contributed by atoms with E-state index in [1.165, 1.54) is 4.90 Å². The van der Waals surface area contributed by atoms with Crippen molar-refractivity contribution in [3.63, 3.8) is 0 Å². The number of carbonyl (C=O) groups excluding carboxylic acids is 1. The molecule has 2 amide bonds. The standard InChI is InChI=1S/C13H20N4O3/c1-7-4-5-17(10(6-7)12(18)19)13(20)14-11-8(2)15-16-9(11)3/h7,10H,4-6H2,1-3H3,(H,14,20)(H,15,16)(H,18,19). The van der Waals surface area contributed by atoms with Gasteiger partial charge in [-0.15, -0.1) is 0 Å². The number of anilines is 1. The Morgan fingerprint density at radius 3 is 2.70 bits per heavy atom. The van der Waals surface area contributed by atoms with Crippen LogP contribution in [-0.2, 0) is 4.79 Å². The summed E-state index contributed by atoms with van der Waals surface area (Å²) in [6.45, 7) is 6.06. The van der Waals surface area contributed by atoms with Crippen molar-refractivity contribution in [1.29, 1.82) is 0 Å². The number of aryl methyl sites for hydroxylation is 2. The first-order valence-corrected chi connectivity index (χ1v) is 6.72. The Kier molecular flexibility index (Phi) is 3.96. The molecule has 0 spiro atoms. The Bertz CT molecular complexity index is 506. The summed E-state index contributed by atoms with van der Waals surface area (Å²) in [5, 5.41) is 18.8. The number of carboxylic acid groups (broad SMARTS) is 1. The van der Waals surface area contributed by atoms with Crippen molar-refractivity contribution in [3.8, 4) is 0 Å². The highest BCUT2D eigenvalue weighted by molar-refractivity contribution is 5.93. The SMILES string of the molecule is Cc1n[nH]c(C)c1NC(=O)N1CCC(C)CC1C(=O)O. The second-order valence-electron chi connectivity index (χ2n) is 5.42. The van der Waals surface area contributed by atoms with Gasteiger partial charge in [0.2, 0.25) is 0 Å². The van der Waals surface area contributed by atoms with Crippen molar-refractivity contribution < 1.29 is 14.7 Å². The molecule has 0 saturated carbocycles. The number of rotatable bonds is 2. The van der Waals surface area contributed by atoms with Crippen molar-refractivity contribution in [3.05, 3.63) is 11.4 Å². The van der Waals surface area contributed by atoms with Crippen molar-refractivity contribution in [2.75, 3.05) is 11.9 Å². The summed E-state index contributed by atoms with van der Waals surface area (Å²) in [7, 11) is 0. The topological polar surface area (TPSA) is 98.3 Å². The fourth-order valence-electron chi connectivity index (χ4n) is 2.53. The number of nitrogens with one attached hydrogen (secondary N) is 2. The third-order valence-corrected chi connectivity index (χ3v) is 3.77. The van der Waals surface area contributed by atoms with E-state index in [0.717, 1.165) is 12.1 Å². The van der Waals surface area contributed by atoms with Gasteiger partial charge in [-0.25, -0.2) is 9.59 Å². The quantitative estimate of drug-likeness (QED) is 0.768. The van der Waals surface area contributed by atoms with Gasteiger partial charge in [-0.05, 0) is 32.6 Å². The van der Waals surface area contributed by atoms with Crippen molar-refractivity contribution in [2.45, 2.75) is 39.7 Å². The Labute approximate surface area is 117 Å². The maximum absolute atomic E-state index is 12.3. The zero-order valence-corrected chi connectivity index (χ0v) is 11.9. The van der Waals surface area contributed by atoms with E-state index in [9.17, 15) is 14.7 Å². The third-order valence-electron chi connectivity index (χ3n) is 3.77. The van der Waals surface area contributed by atoms with Gasteiger partial charge in [0.05, 0.1) is 17.1 Å². The summed E-state index contributed by atoms with van der Waals surface area (Å²) in [5.41, 5.74) is 2.07. The number of amides is 2. The molecule has 0 radical (unpaired) electrons. The number of aromatic nitrogens is 2. The molecule has 0 bridgehead atoms. The molecule has 7 nitrogen and oxygen atoms in total. The normalized spacial score (nSPS) is 22.6. The minimum atomic E-state index is -0.952. The van der Waals surface area contributed by atoms with E-state index in [-0.39, 0.29) is 6.03 Å². The number of hydrogen-bond donors (Lipinski definition) is 3. The number of carbonyl (C=O) groups is 2. The summed E-state index contributed by atoms with van der Waals surface area (Å²) >= 11 is 0. The lowest BCUT2D eigenvalue weighted by Crippen LogP contribution is -2.51. The van der Waals surface area contributed by atoms with Crippen LogP contribution in [0.25, 0.3) is 0 Å². The molecule has 2 heterocycles. The van der Waals surface area contributed by atoms with Crippen LogP contribution >= 0.6 is 0 Å². The number of urea groups is 1. The Hall–Kier alpha value is -2.05. The number of aliphatic carboxylic acids is 1. The number of nitrogens with zero attached hydrogens (tertiary/aromatic N) is 2. The predicted molar refractivity (Wildman–Crippen MR) is 73.6 cm³/mol. The number of carboxylic acids is 1. The smallest absolute Gasteiger partial charge is 0.326 e. The zero-order chi connectivity index (χ0) is 14.9. The first kappa shape index (κ1) is 14.4. The molecule has 0 aliphatic carbocycles. The average Bonchev–Trinajstić information content (AvgIpc) is 2.70. The van der Waals surface area contributed by atoms with E-state index in [2.05, 4.69) is 15.5 Å². The molecule has 1 aliphatic heterocycles. The monoisotopic (exact) mass is 280 g/mol. The van der Waals surface area contributed by atoms with Crippen LogP contribution in [0.15, 0.2) is 0 Å². The molecular weight excluding hydrogens is 260 g/mol. The highest BCUT2D eigenvalue weighted by atomic mass is 16.4. The van der Waals surface area contributed by atoms with Crippen molar-refractivity contribution in [2.24, 2.45) is 5.92 Å². The van der Waals surface area contributed by atoms with Gasteiger partial charge in [-0.2, -0.15) is 5.10 Å². The highest BCUT2D eigenvalue weighted by Crippen LogP contribution is 2.24. The van der Waals surface area contributed by atoms with E-state index in [4.69, 9.17) is 0 Å². The fraction of sp³-hybridized carbons (Fsp3) is 0.615. The first-order valence-electron chi connectivity index (χ1n) is 6.72. The van der Waals surface area contributed by atoms with E-state index in [0.29, 0.717) is 30.3 Å². The van der Waals surface area contributed by atoms with Gasteiger partial charge in [0.1, 0.15) is 6.04 Å². The average molecular weight is 280 g/mol. The summed E-state index contributed by atoms with van der Waals surface area (Å²) in [6, 6.07) is -1.14. The Morgan fingerprint density at radius 2 is 2.15 bits per heavy atom. The Morgan fingerprint density at radius 1 is 1.45 bits per heavy atom. The lowest BCUT2D eigenvalue weighted by atomic mass is 9.93. The summed E-state index contributed by atoms with van der Waals surface area (Å²) < 4.78 is 0. The van der Waals surface area contributed by atoms with Crippen LogP contribution in [0, 0.1) is 19.8 Å². The van der Waals surface area contributed by atoms with Crippen LogP contribution < -0.4 is 5.32 Å². The summed E-state index contributed by atoms with van der Waals surface area (Å²) in [6.07, 6.45) is 1.31. The maximum Gasteiger partial charge on any atom is 0.326 e. The second kappa shape index (κ2) is 5.52. The van der Waals surface area contributed by atoms with Crippen LogP contribution in [-0.4, -0.2) is 44.8 Å². The van der Waals surface area contributed by atoms with Crippen LogP contribution in [0.3, 0.4) is 0 Å². The molecule has 20 heavy (non-hydrogen) atoms. The van der Waals surface area contributed by atoms with Gasteiger partial charge in [-0.1, -0.05) is 6.92 Å². The maximum atomic E-state index is 12.3. The lowest BCUT2D eigenvalue weighted by Gasteiger charge is -2.35. The van der Waals surface area contributed by atoms with Crippen molar-refractivity contribution >= 4 is 17.7 Å². The molecule has 0 aromatic carbocycles. The zero-order valence-electron chi connectivity index (χ0n) is 11.9. The summed E-state index contributed by atoms with van der Waals surface area (Å²) in [5.74, 6) is -0.634. The van der Waals surface area contributed by atoms with Crippen molar-refractivity contribution in [1.82, 2.24) is 15.1 Å². The van der Waals surface area contributed by atoms with Gasteiger partial charge in [-0.3, -0.25) is 5.10 Å². The molecule has 7 heteroatoms. The van der Waals surface area contributed by atoms with Gasteiger partial charge in [0.15, 0.2) is 0 Å². The Balaban J connectivity index is 2.13. The molecule has 1 aromatic rings. The van der Waals surface area contributed by atoms with E-state index < -0.39 is 12.0 Å². The number of aromatic amines is 1. The number of likely N-dealkylation sites (tertiary alicyclic amines) is 1. The van der Waals surface area contributed by atoms with E-state index in [1.807, 2.05) is 13.8 Å². The fourth-order valence-corrected chi connectivity index (χ4v) is 2.53. The van der Waals surface area contributed by atoms with Gasteiger partial charge >= 0.3 is 12.0 Å². The molecule has 3 N–H and O–H groups in total. The van der Waals surface area contributed by atoms with Gasteiger partial charge in [0.25, 0.3) is 0 Å². The second-order valence-corrected chi connectivity index (χ2v) is 5.42. The van der Waals surface area contributed by atoms with Crippen LogP contribution in [0.5, 0.6) is 0 Å². The number of H-pyrrole nitrogens is 1. The van der Waals surface area contributed by atoms with Gasteiger partial charge in [0, 0.05) is 6.54 Å². The lowest BCUT2D eigenvalue weighted by molar-refractivity contribution is -0.143. The molecule has 1 aromatic heterocycles. The van der Waals surface area contributed by atoms with Gasteiger partial charge < -0.3 is 15.3 Å². The third kappa shape index (κ3) is 2.76. The molecule has 2 atom stereocenters. The van der Waals surface area contributed by atoms with Crippen LogP contribution in [0.2, 0.25) is 0 Å². The molecule has 110 valence electrons.